The van der Waals surface area contributed by atoms with Gasteiger partial charge in [0.2, 0.25) is 5.91 Å². The van der Waals surface area contributed by atoms with E-state index >= 15 is 0 Å². The third-order valence-electron chi connectivity index (χ3n) is 4.48. The second-order valence-corrected chi connectivity index (χ2v) is 7.97. The van der Waals surface area contributed by atoms with Gasteiger partial charge in [-0.15, -0.1) is 35.3 Å². The lowest BCUT2D eigenvalue weighted by Gasteiger charge is -2.35. The quantitative estimate of drug-likeness (QED) is 0.363. The maximum atomic E-state index is 11.8. The van der Waals surface area contributed by atoms with E-state index in [1.807, 2.05) is 6.07 Å². The number of carbonyl (C=O) groups is 1. The summed E-state index contributed by atoms with van der Waals surface area (Å²) in [5.41, 5.74) is 0. The standard InChI is InChI=1S/C18H31N5OS.HI/c1-14(2)23-9-7-15(8-10-23)21-18(20-13-17(24)22(3)4)19-12-16-6-5-11-25-16;/h5-6,11,14-15H,7-10,12-13H2,1-4H3,(H2,19,20,21);1H. The lowest BCUT2D eigenvalue weighted by atomic mass is 10.0. The monoisotopic (exact) mass is 493 g/mol. The minimum Gasteiger partial charge on any atom is -0.354 e. The fourth-order valence-electron chi connectivity index (χ4n) is 2.78. The van der Waals surface area contributed by atoms with Gasteiger partial charge < -0.3 is 20.4 Å². The number of guanidine groups is 1. The molecule has 2 N–H and O–H groups in total. The number of thiophene rings is 1. The Hall–Kier alpha value is -0.870. The predicted octanol–water partition coefficient (Wildman–Crippen LogP) is 2.36. The van der Waals surface area contributed by atoms with Crippen LogP contribution in [0, 0.1) is 0 Å². The molecule has 6 nitrogen and oxygen atoms in total. The van der Waals surface area contributed by atoms with Crippen LogP contribution >= 0.6 is 35.3 Å². The van der Waals surface area contributed by atoms with E-state index in [0.717, 1.165) is 38.4 Å². The van der Waals surface area contributed by atoms with Gasteiger partial charge in [-0.2, -0.15) is 0 Å². The van der Waals surface area contributed by atoms with Crippen molar-refractivity contribution in [2.24, 2.45) is 4.99 Å². The van der Waals surface area contributed by atoms with Gasteiger partial charge >= 0.3 is 0 Å². The number of hydrogen-bond acceptors (Lipinski definition) is 4. The number of nitrogens with zero attached hydrogens (tertiary/aromatic N) is 3. The van der Waals surface area contributed by atoms with Crippen LogP contribution in [0.3, 0.4) is 0 Å². The van der Waals surface area contributed by atoms with E-state index in [2.05, 4.69) is 45.8 Å². The Balaban J connectivity index is 0.00000338. The van der Waals surface area contributed by atoms with Crippen LogP contribution in [0.5, 0.6) is 0 Å². The van der Waals surface area contributed by atoms with Crippen molar-refractivity contribution >= 4 is 47.2 Å². The Morgan fingerprint density at radius 3 is 2.62 bits per heavy atom. The van der Waals surface area contributed by atoms with Crippen LogP contribution in [-0.4, -0.2) is 67.5 Å². The van der Waals surface area contributed by atoms with Gasteiger partial charge in [-0.05, 0) is 38.1 Å². The summed E-state index contributed by atoms with van der Waals surface area (Å²) in [6.07, 6.45) is 2.19. The van der Waals surface area contributed by atoms with E-state index in [1.165, 1.54) is 4.88 Å². The maximum Gasteiger partial charge on any atom is 0.243 e. The molecule has 1 saturated heterocycles. The largest absolute Gasteiger partial charge is 0.354 e. The Morgan fingerprint density at radius 2 is 2.08 bits per heavy atom. The van der Waals surface area contributed by atoms with Crippen molar-refractivity contribution in [3.05, 3.63) is 22.4 Å². The number of likely N-dealkylation sites (tertiary alicyclic amines) is 1. The number of hydrogen-bond donors (Lipinski definition) is 2. The molecule has 0 atom stereocenters. The van der Waals surface area contributed by atoms with Crippen LogP contribution in [-0.2, 0) is 11.3 Å². The van der Waals surface area contributed by atoms with Gasteiger partial charge in [0.25, 0.3) is 0 Å². The van der Waals surface area contributed by atoms with Crippen molar-refractivity contribution in [1.82, 2.24) is 20.4 Å². The Bertz CT molecular complexity index is 554. The molecule has 1 aromatic rings. The maximum absolute atomic E-state index is 11.8. The fourth-order valence-corrected chi connectivity index (χ4v) is 3.42. The summed E-state index contributed by atoms with van der Waals surface area (Å²) >= 11 is 1.72. The number of nitrogens with one attached hydrogen (secondary N) is 2. The molecule has 0 unspecified atom stereocenters. The van der Waals surface area contributed by atoms with Crippen LogP contribution in [0.2, 0.25) is 0 Å². The van der Waals surface area contributed by atoms with Crippen molar-refractivity contribution in [1.29, 1.82) is 0 Å². The highest BCUT2D eigenvalue weighted by molar-refractivity contribution is 14.0. The fraction of sp³-hybridized carbons (Fsp3) is 0.667. The van der Waals surface area contributed by atoms with Crippen LogP contribution in [0.4, 0.5) is 0 Å². The van der Waals surface area contributed by atoms with Crippen molar-refractivity contribution in [3.8, 4) is 0 Å². The minimum absolute atomic E-state index is 0. The Labute approximate surface area is 178 Å². The molecule has 148 valence electrons. The average molecular weight is 493 g/mol. The Kier molecular flexibility index (Phi) is 10.5. The summed E-state index contributed by atoms with van der Waals surface area (Å²) in [5.74, 6) is 0.735. The molecule has 2 rings (SSSR count). The molecule has 1 amide bonds. The zero-order valence-electron chi connectivity index (χ0n) is 16.2. The number of aliphatic imine (C=N–C) groups is 1. The number of likely N-dealkylation sites (N-methyl/N-ethyl adjacent to an activating group) is 1. The first-order valence-electron chi connectivity index (χ1n) is 8.97. The highest BCUT2D eigenvalue weighted by atomic mass is 127. The first-order valence-corrected chi connectivity index (χ1v) is 9.85. The molecular formula is C18H32IN5OS. The summed E-state index contributed by atoms with van der Waals surface area (Å²) < 4.78 is 0. The third kappa shape index (κ3) is 7.79. The molecule has 0 spiro atoms. The molecule has 0 aliphatic carbocycles. The molecule has 1 aliphatic heterocycles. The first kappa shape index (κ1) is 23.2. The van der Waals surface area contributed by atoms with Crippen LogP contribution in [0.25, 0.3) is 0 Å². The van der Waals surface area contributed by atoms with Gasteiger partial charge in [0.15, 0.2) is 5.96 Å². The van der Waals surface area contributed by atoms with Gasteiger partial charge in [0, 0.05) is 44.1 Å². The molecule has 2 heterocycles. The molecule has 1 fully saturated rings. The smallest absolute Gasteiger partial charge is 0.243 e. The predicted molar refractivity (Wildman–Crippen MR) is 120 cm³/mol. The summed E-state index contributed by atoms with van der Waals surface area (Å²) in [6, 6.07) is 5.15. The van der Waals surface area contributed by atoms with Crippen LogP contribution in [0.15, 0.2) is 22.5 Å². The zero-order valence-corrected chi connectivity index (χ0v) is 19.3. The molecule has 8 heteroatoms. The number of halogens is 1. The Morgan fingerprint density at radius 1 is 1.38 bits per heavy atom. The molecule has 1 aliphatic rings. The lowest BCUT2D eigenvalue weighted by Crippen LogP contribution is -2.50. The second kappa shape index (κ2) is 11.8. The number of amides is 1. The van der Waals surface area contributed by atoms with Crippen molar-refractivity contribution < 1.29 is 4.79 Å². The summed E-state index contributed by atoms with van der Waals surface area (Å²) in [4.78, 5) is 21.7. The molecular weight excluding hydrogens is 461 g/mol. The molecule has 0 saturated carbocycles. The number of piperidine rings is 1. The first-order chi connectivity index (χ1) is 12.0. The SMILES string of the molecule is CC(C)N1CCC(NC(=NCC(=O)N(C)C)NCc2cccs2)CC1.I. The van der Waals surface area contributed by atoms with E-state index in [0.29, 0.717) is 12.1 Å². The highest BCUT2D eigenvalue weighted by Gasteiger charge is 2.21. The normalized spacial score (nSPS) is 16.3. The highest BCUT2D eigenvalue weighted by Crippen LogP contribution is 2.13. The second-order valence-electron chi connectivity index (χ2n) is 6.93. The van der Waals surface area contributed by atoms with E-state index in [1.54, 1.807) is 30.3 Å². The molecule has 0 radical (unpaired) electrons. The molecule has 1 aromatic heterocycles. The molecule has 0 aromatic carbocycles. The zero-order chi connectivity index (χ0) is 18.2. The summed E-state index contributed by atoms with van der Waals surface area (Å²) in [7, 11) is 3.51. The number of carbonyl (C=O) groups excluding carboxylic acids is 1. The molecule has 0 bridgehead atoms. The van der Waals surface area contributed by atoms with E-state index < -0.39 is 0 Å². The number of rotatable bonds is 6. The molecule has 26 heavy (non-hydrogen) atoms. The van der Waals surface area contributed by atoms with Crippen LogP contribution < -0.4 is 10.6 Å². The minimum atomic E-state index is 0. The van der Waals surface area contributed by atoms with Crippen molar-refractivity contribution in [3.63, 3.8) is 0 Å². The summed E-state index contributed by atoms with van der Waals surface area (Å²) in [5, 5.41) is 8.95. The average Bonchev–Trinajstić information content (AvgIpc) is 3.10. The van der Waals surface area contributed by atoms with Gasteiger partial charge in [-0.25, -0.2) is 4.99 Å². The van der Waals surface area contributed by atoms with E-state index in [-0.39, 0.29) is 36.4 Å². The van der Waals surface area contributed by atoms with E-state index in [4.69, 9.17) is 0 Å². The lowest BCUT2D eigenvalue weighted by molar-refractivity contribution is -0.127. The van der Waals surface area contributed by atoms with Crippen molar-refractivity contribution in [2.45, 2.75) is 45.3 Å². The van der Waals surface area contributed by atoms with Gasteiger partial charge in [0.1, 0.15) is 6.54 Å². The third-order valence-corrected chi connectivity index (χ3v) is 5.36. The van der Waals surface area contributed by atoms with Gasteiger partial charge in [-0.1, -0.05) is 6.07 Å². The summed E-state index contributed by atoms with van der Waals surface area (Å²) in [6.45, 7) is 7.59. The van der Waals surface area contributed by atoms with Crippen molar-refractivity contribution in [2.75, 3.05) is 33.7 Å². The topological polar surface area (TPSA) is 60.0 Å². The van der Waals surface area contributed by atoms with Crippen LogP contribution in [0.1, 0.15) is 31.6 Å². The van der Waals surface area contributed by atoms with Gasteiger partial charge in [-0.3, -0.25) is 4.79 Å². The van der Waals surface area contributed by atoms with E-state index in [9.17, 15) is 4.79 Å². The van der Waals surface area contributed by atoms with Gasteiger partial charge in [0.05, 0.1) is 6.54 Å².